The number of aromatic nitrogens is 1. The molecule has 0 aliphatic heterocycles. The van der Waals surface area contributed by atoms with Crippen molar-refractivity contribution in [1.82, 2.24) is 4.98 Å². The van der Waals surface area contributed by atoms with Crippen molar-refractivity contribution in [2.75, 3.05) is 0 Å². The van der Waals surface area contributed by atoms with Gasteiger partial charge in [0.1, 0.15) is 10.9 Å². The lowest BCUT2D eigenvalue weighted by molar-refractivity contribution is 0.147. The highest BCUT2D eigenvalue weighted by Gasteiger charge is 2.18. The molecule has 0 saturated carbocycles. The molecule has 1 aromatic heterocycles. The van der Waals surface area contributed by atoms with E-state index in [1.165, 1.54) is 0 Å². The van der Waals surface area contributed by atoms with Crippen molar-refractivity contribution in [3.63, 3.8) is 0 Å². The Morgan fingerprint density at radius 3 is 2.79 bits per heavy atom. The highest BCUT2D eigenvalue weighted by atomic mass is 35.5. The number of halogens is 3. The maximum atomic E-state index is 12.3. The van der Waals surface area contributed by atoms with Gasteiger partial charge in [-0.1, -0.05) is 11.6 Å². The van der Waals surface area contributed by atoms with Crippen molar-refractivity contribution in [3.8, 4) is 11.8 Å². The summed E-state index contributed by atoms with van der Waals surface area (Å²) >= 11 is 5.44. The van der Waals surface area contributed by atoms with Crippen LogP contribution in [0.5, 0.6) is 5.75 Å². The minimum absolute atomic E-state index is 0.129. The van der Waals surface area contributed by atoms with Gasteiger partial charge in [-0.15, -0.1) is 0 Å². The van der Waals surface area contributed by atoms with Gasteiger partial charge < -0.3 is 5.11 Å². The lowest BCUT2D eigenvalue weighted by Gasteiger charge is -2.06. The lowest BCUT2D eigenvalue weighted by Crippen LogP contribution is -1.95. The molecule has 0 spiro atoms. The molecule has 0 unspecified atom stereocenters. The molecule has 0 fully saturated rings. The zero-order chi connectivity index (χ0) is 10.7. The normalized spacial score (nSPS) is 10.2. The van der Waals surface area contributed by atoms with E-state index in [1.807, 2.05) is 0 Å². The Balaban J connectivity index is 3.26. The van der Waals surface area contributed by atoms with Crippen molar-refractivity contribution in [3.05, 3.63) is 22.5 Å². The molecule has 1 heterocycles. The third-order valence-electron chi connectivity index (χ3n) is 1.54. The molecular formula is C8H5ClF2N2O. The minimum Gasteiger partial charge on any atom is -0.505 e. The number of nitriles is 1. The number of aromatic hydroxyl groups is 1. The zero-order valence-corrected chi connectivity index (χ0v) is 7.59. The summed E-state index contributed by atoms with van der Waals surface area (Å²) in [5, 5.41) is 17.4. The zero-order valence-electron chi connectivity index (χ0n) is 6.84. The Kier molecular flexibility index (Phi) is 3.20. The monoisotopic (exact) mass is 218 g/mol. The largest absolute Gasteiger partial charge is 0.505 e. The summed E-state index contributed by atoms with van der Waals surface area (Å²) < 4.78 is 24.6. The minimum atomic E-state index is -2.84. The van der Waals surface area contributed by atoms with Crippen LogP contribution in [0.15, 0.2) is 6.07 Å². The standard InChI is InChI=1S/C8H5ClF2N2O/c9-6-3-4(8(10)11)7(14)5(13-6)1-2-12/h3,8,14H,1H2. The molecule has 0 atom stereocenters. The molecule has 0 bridgehead atoms. The topological polar surface area (TPSA) is 56.9 Å². The van der Waals surface area contributed by atoms with Gasteiger partial charge in [-0.3, -0.25) is 0 Å². The van der Waals surface area contributed by atoms with Crippen molar-refractivity contribution in [2.45, 2.75) is 12.8 Å². The van der Waals surface area contributed by atoms with E-state index in [0.29, 0.717) is 0 Å². The van der Waals surface area contributed by atoms with Gasteiger partial charge in [0.15, 0.2) is 0 Å². The Hall–Kier alpha value is -1.41. The van der Waals surface area contributed by atoms with E-state index in [0.717, 1.165) is 6.07 Å². The van der Waals surface area contributed by atoms with Crippen LogP contribution in [-0.4, -0.2) is 10.1 Å². The van der Waals surface area contributed by atoms with E-state index in [2.05, 4.69) is 4.98 Å². The summed E-state index contributed by atoms with van der Waals surface area (Å²) in [6, 6.07) is 2.57. The fraction of sp³-hybridized carbons (Fsp3) is 0.250. The Morgan fingerprint density at radius 1 is 1.64 bits per heavy atom. The quantitative estimate of drug-likeness (QED) is 0.776. The number of nitrogens with zero attached hydrogens (tertiary/aromatic N) is 2. The maximum Gasteiger partial charge on any atom is 0.267 e. The van der Waals surface area contributed by atoms with Crippen molar-refractivity contribution >= 4 is 11.6 Å². The molecule has 0 aliphatic rings. The van der Waals surface area contributed by atoms with E-state index in [4.69, 9.17) is 16.9 Å². The third-order valence-corrected chi connectivity index (χ3v) is 1.74. The van der Waals surface area contributed by atoms with Gasteiger partial charge in [0.2, 0.25) is 0 Å². The molecule has 1 aromatic rings. The second-order valence-corrected chi connectivity index (χ2v) is 2.85. The van der Waals surface area contributed by atoms with Crippen molar-refractivity contribution in [1.29, 1.82) is 5.26 Å². The number of pyridine rings is 1. The molecular weight excluding hydrogens is 214 g/mol. The van der Waals surface area contributed by atoms with Crippen LogP contribution in [0.3, 0.4) is 0 Å². The molecule has 3 nitrogen and oxygen atoms in total. The predicted molar refractivity (Wildman–Crippen MR) is 45.2 cm³/mol. The second-order valence-electron chi connectivity index (χ2n) is 2.47. The molecule has 0 amide bonds. The highest BCUT2D eigenvalue weighted by molar-refractivity contribution is 6.29. The summed E-state index contributed by atoms with van der Waals surface area (Å²) in [4.78, 5) is 3.57. The first-order valence-corrected chi connectivity index (χ1v) is 3.97. The van der Waals surface area contributed by atoms with Crippen LogP contribution in [0.4, 0.5) is 8.78 Å². The van der Waals surface area contributed by atoms with Crippen LogP contribution in [0.25, 0.3) is 0 Å². The smallest absolute Gasteiger partial charge is 0.267 e. The molecule has 74 valence electrons. The molecule has 0 saturated heterocycles. The number of alkyl halides is 2. The molecule has 14 heavy (non-hydrogen) atoms. The third kappa shape index (κ3) is 2.09. The number of rotatable bonds is 2. The average molecular weight is 219 g/mol. The van der Waals surface area contributed by atoms with Crippen LogP contribution in [0.2, 0.25) is 5.15 Å². The van der Waals surface area contributed by atoms with E-state index >= 15 is 0 Å². The maximum absolute atomic E-state index is 12.3. The molecule has 0 aliphatic carbocycles. The Labute approximate surface area is 83.6 Å². The van der Waals surface area contributed by atoms with Crippen LogP contribution >= 0.6 is 11.6 Å². The summed E-state index contributed by atoms with van der Waals surface area (Å²) in [6.45, 7) is 0. The van der Waals surface area contributed by atoms with Crippen LogP contribution < -0.4 is 0 Å². The first-order valence-electron chi connectivity index (χ1n) is 3.59. The fourth-order valence-electron chi connectivity index (χ4n) is 0.942. The van der Waals surface area contributed by atoms with Gasteiger partial charge in [-0.05, 0) is 6.07 Å². The first kappa shape index (κ1) is 10.7. The summed E-state index contributed by atoms with van der Waals surface area (Å²) in [7, 11) is 0. The van der Waals surface area contributed by atoms with Gasteiger partial charge in [0.25, 0.3) is 6.43 Å². The highest BCUT2D eigenvalue weighted by Crippen LogP contribution is 2.32. The van der Waals surface area contributed by atoms with Gasteiger partial charge in [0.05, 0.1) is 23.7 Å². The van der Waals surface area contributed by atoms with Gasteiger partial charge >= 0.3 is 0 Å². The Bertz CT molecular complexity index is 390. The number of hydrogen-bond donors (Lipinski definition) is 1. The van der Waals surface area contributed by atoms with E-state index in [-0.39, 0.29) is 17.3 Å². The molecule has 6 heteroatoms. The van der Waals surface area contributed by atoms with Gasteiger partial charge in [-0.25, -0.2) is 13.8 Å². The summed E-state index contributed by atoms with van der Waals surface area (Å²) in [5.41, 5.74) is -0.731. The van der Waals surface area contributed by atoms with Crippen molar-refractivity contribution in [2.24, 2.45) is 0 Å². The average Bonchev–Trinajstić information content (AvgIpc) is 2.10. The molecule has 1 rings (SSSR count). The summed E-state index contributed by atoms with van der Waals surface area (Å²) in [6.07, 6.45) is -3.10. The predicted octanol–water partition coefficient (Wildman–Crippen LogP) is 2.44. The Morgan fingerprint density at radius 2 is 2.29 bits per heavy atom. The van der Waals surface area contributed by atoms with E-state index in [9.17, 15) is 13.9 Å². The molecule has 1 N–H and O–H groups in total. The van der Waals surface area contributed by atoms with Crippen molar-refractivity contribution < 1.29 is 13.9 Å². The van der Waals surface area contributed by atoms with Crippen LogP contribution in [0, 0.1) is 11.3 Å². The number of hydrogen-bond acceptors (Lipinski definition) is 3. The summed E-state index contributed by atoms with van der Waals surface area (Å²) in [5.74, 6) is -0.661. The second kappa shape index (κ2) is 4.20. The fourth-order valence-corrected chi connectivity index (χ4v) is 1.16. The van der Waals surface area contributed by atoms with Crippen LogP contribution in [0.1, 0.15) is 17.7 Å². The SMILES string of the molecule is N#CCc1nc(Cl)cc(C(F)F)c1O. The first-order chi connectivity index (χ1) is 6.56. The molecule has 0 aromatic carbocycles. The molecule has 0 radical (unpaired) electrons. The lowest BCUT2D eigenvalue weighted by atomic mass is 10.2. The van der Waals surface area contributed by atoms with Gasteiger partial charge in [0, 0.05) is 0 Å². The van der Waals surface area contributed by atoms with Gasteiger partial charge in [-0.2, -0.15) is 5.26 Å². The van der Waals surface area contributed by atoms with E-state index < -0.39 is 17.7 Å². The van der Waals surface area contributed by atoms with Crippen LogP contribution in [-0.2, 0) is 6.42 Å². The van der Waals surface area contributed by atoms with E-state index in [1.54, 1.807) is 6.07 Å².